The molecule has 2 aromatic rings. The molecule has 24 heavy (non-hydrogen) atoms. The van der Waals surface area contributed by atoms with Crippen LogP contribution in [0.3, 0.4) is 0 Å². The van der Waals surface area contributed by atoms with E-state index >= 15 is 0 Å². The number of aromatic nitrogens is 2. The summed E-state index contributed by atoms with van der Waals surface area (Å²) in [6.07, 6.45) is 4.01. The van der Waals surface area contributed by atoms with Crippen LogP contribution in [0.5, 0.6) is 11.5 Å². The number of amides is 1. The molecule has 0 bridgehead atoms. The molecule has 0 unspecified atom stereocenters. The third kappa shape index (κ3) is 5.06. The molecule has 1 aromatic carbocycles. The lowest BCUT2D eigenvalue weighted by molar-refractivity contribution is -0.111. The van der Waals surface area contributed by atoms with Gasteiger partial charge in [-0.25, -0.2) is 0 Å². The van der Waals surface area contributed by atoms with Crippen molar-refractivity contribution in [2.45, 2.75) is 20.3 Å². The van der Waals surface area contributed by atoms with Crippen molar-refractivity contribution in [3.05, 3.63) is 34.8 Å². The van der Waals surface area contributed by atoms with Crippen molar-refractivity contribution >= 4 is 28.5 Å². The summed E-state index contributed by atoms with van der Waals surface area (Å²) in [5.41, 5.74) is 0.834. The monoisotopic (exact) mass is 347 g/mol. The summed E-state index contributed by atoms with van der Waals surface area (Å²) >= 11 is 1.40. The van der Waals surface area contributed by atoms with Crippen LogP contribution in [-0.2, 0) is 11.2 Å². The molecule has 128 valence electrons. The lowest BCUT2D eigenvalue weighted by Crippen LogP contribution is -2.07. The Balaban J connectivity index is 1.99. The van der Waals surface area contributed by atoms with Crippen molar-refractivity contribution in [2.75, 3.05) is 19.5 Å². The number of hydrogen-bond acceptors (Lipinski definition) is 6. The molecule has 1 N–H and O–H groups in total. The molecule has 2 rings (SSSR count). The summed E-state index contributed by atoms with van der Waals surface area (Å²) in [5.74, 6) is 1.51. The first-order valence-corrected chi connectivity index (χ1v) is 8.37. The van der Waals surface area contributed by atoms with Gasteiger partial charge in [-0.05, 0) is 29.7 Å². The second kappa shape index (κ2) is 8.44. The molecule has 0 spiro atoms. The number of ether oxygens (including phenoxy) is 2. The Morgan fingerprint density at radius 1 is 1.25 bits per heavy atom. The first-order chi connectivity index (χ1) is 11.5. The van der Waals surface area contributed by atoms with Gasteiger partial charge in [0, 0.05) is 12.5 Å². The van der Waals surface area contributed by atoms with Gasteiger partial charge in [0.1, 0.15) is 5.01 Å². The topological polar surface area (TPSA) is 73.3 Å². The average Bonchev–Trinajstić information content (AvgIpc) is 2.98. The van der Waals surface area contributed by atoms with Crippen molar-refractivity contribution in [3.63, 3.8) is 0 Å². The first kappa shape index (κ1) is 17.9. The van der Waals surface area contributed by atoms with Crippen molar-refractivity contribution < 1.29 is 14.3 Å². The molecule has 0 aliphatic heterocycles. The van der Waals surface area contributed by atoms with Crippen LogP contribution in [0.25, 0.3) is 6.08 Å². The van der Waals surface area contributed by atoms with Crippen molar-refractivity contribution in [3.8, 4) is 11.5 Å². The summed E-state index contributed by atoms with van der Waals surface area (Å²) in [4.78, 5) is 12.0. The van der Waals surface area contributed by atoms with Crippen LogP contribution >= 0.6 is 11.3 Å². The molecule has 1 heterocycles. The Kier molecular flexibility index (Phi) is 6.31. The molecular weight excluding hydrogens is 326 g/mol. The van der Waals surface area contributed by atoms with Gasteiger partial charge in [0.05, 0.1) is 14.2 Å². The molecule has 0 fully saturated rings. The number of rotatable bonds is 7. The van der Waals surface area contributed by atoms with Gasteiger partial charge in [0.25, 0.3) is 0 Å². The highest BCUT2D eigenvalue weighted by molar-refractivity contribution is 7.15. The van der Waals surface area contributed by atoms with E-state index in [0.717, 1.165) is 17.0 Å². The van der Waals surface area contributed by atoms with Crippen LogP contribution in [0.4, 0.5) is 5.13 Å². The Hall–Kier alpha value is -2.41. The number of carbonyl (C=O) groups is 1. The highest BCUT2D eigenvalue weighted by Crippen LogP contribution is 2.28. The number of benzene rings is 1. The summed E-state index contributed by atoms with van der Waals surface area (Å²) in [6, 6.07) is 5.43. The van der Waals surface area contributed by atoms with Crippen LogP contribution in [0.1, 0.15) is 24.4 Å². The molecule has 6 nitrogen and oxygen atoms in total. The summed E-state index contributed by atoms with van der Waals surface area (Å²) in [5, 5.41) is 12.2. The lowest BCUT2D eigenvalue weighted by Gasteiger charge is -2.07. The van der Waals surface area contributed by atoms with Crippen LogP contribution in [0.2, 0.25) is 0 Å². The summed E-state index contributed by atoms with van der Waals surface area (Å²) < 4.78 is 10.4. The van der Waals surface area contributed by atoms with Crippen LogP contribution in [0, 0.1) is 5.92 Å². The number of hydrogen-bond donors (Lipinski definition) is 1. The summed E-state index contributed by atoms with van der Waals surface area (Å²) in [6.45, 7) is 4.23. The van der Waals surface area contributed by atoms with Crippen LogP contribution in [0.15, 0.2) is 24.3 Å². The van der Waals surface area contributed by atoms with E-state index in [9.17, 15) is 4.79 Å². The minimum absolute atomic E-state index is 0.253. The fraction of sp³-hybridized carbons (Fsp3) is 0.353. The number of methoxy groups -OCH3 is 2. The smallest absolute Gasteiger partial charge is 0.250 e. The van der Waals surface area contributed by atoms with E-state index in [1.54, 1.807) is 32.4 Å². The number of nitrogens with zero attached hydrogens (tertiary/aromatic N) is 2. The van der Waals surface area contributed by atoms with E-state index in [-0.39, 0.29) is 5.91 Å². The second-order valence-corrected chi connectivity index (χ2v) is 6.60. The molecule has 0 saturated carbocycles. The van der Waals surface area contributed by atoms with E-state index in [2.05, 4.69) is 29.4 Å². The van der Waals surface area contributed by atoms with Gasteiger partial charge in [-0.3, -0.25) is 10.1 Å². The fourth-order valence-electron chi connectivity index (χ4n) is 2.01. The standard InChI is InChI=1S/C17H21N3O3S/c1-11(2)9-16-19-20-17(24-16)18-15(21)8-6-12-5-7-13(22-3)14(10-12)23-4/h5-8,10-11H,9H2,1-4H3,(H,18,20,21)/b8-6+. The quantitative estimate of drug-likeness (QED) is 0.777. The van der Waals surface area contributed by atoms with Crippen molar-refractivity contribution in [1.82, 2.24) is 10.2 Å². The Labute approximate surface area is 145 Å². The van der Waals surface area contributed by atoms with Crippen molar-refractivity contribution in [1.29, 1.82) is 0 Å². The number of carbonyl (C=O) groups excluding carboxylic acids is 1. The van der Waals surface area contributed by atoms with Gasteiger partial charge in [-0.15, -0.1) is 10.2 Å². The van der Waals surface area contributed by atoms with Crippen LogP contribution < -0.4 is 14.8 Å². The van der Waals surface area contributed by atoms with Crippen LogP contribution in [-0.4, -0.2) is 30.3 Å². The zero-order chi connectivity index (χ0) is 17.5. The first-order valence-electron chi connectivity index (χ1n) is 7.55. The lowest BCUT2D eigenvalue weighted by atomic mass is 10.1. The number of nitrogens with one attached hydrogen (secondary N) is 1. The molecule has 0 atom stereocenters. The highest BCUT2D eigenvalue weighted by atomic mass is 32.1. The SMILES string of the molecule is COc1ccc(/C=C/C(=O)Nc2nnc(CC(C)C)s2)cc1OC. The Morgan fingerprint density at radius 2 is 2.00 bits per heavy atom. The zero-order valence-corrected chi connectivity index (χ0v) is 15.0. The van der Waals surface area contributed by atoms with E-state index < -0.39 is 0 Å². The van der Waals surface area contributed by atoms with E-state index in [1.807, 2.05) is 6.07 Å². The molecule has 0 saturated heterocycles. The predicted molar refractivity (Wildman–Crippen MR) is 95.7 cm³/mol. The minimum atomic E-state index is -0.253. The molecule has 0 aliphatic carbocycles. The van der Waals surface area contributed by atoms with Gasteiger partial charge >= 0.3 is 0 Å². The molecule has 0 aliphatic rings. The zero-order valence-electron chi connectivity index (χ0n) is 14.2. The predicted octanol–water partition coefficient (Wildman–Crippen LogP) is 3.41. The maximum Gasteiger partial charge on any atom is 0.250 e. The van der Waals surface area contributed by atoms with Gasteiger partial charge in [-0.1, -0.05) is 31.3 Å². The van der Waals surface area contributed by atoms with Gasteiger partial charge in [0.15, 0.2) is 11.5 Å². The number of anilines is 1. The third-order valence-electron chi connectivity index (χ3n) is 3.11. The van der Waals surface area contributed by atoms with Crippen molar-refractivity contribution in [2.24, 2.45) is 5.92 Å². The Bertz CT molecular complexity index is 726. The largest absolute Gasteiger partial charge is 0.493 e. The second-order valence-electron chi connectivity index (χ2n) is 5.54. The third-order valence-corrected chi connectivity index (χ3v) is 3.98. The highest BCUT2D eigenvalue weighted by Gasteiger charge is 2.08. The molecule has 1 amide bonds. The Morgan fingerprint density at radius 3 is 2.67 bits per heavy atom. The maximum atomic E-state index is 12.0. The normalized spacial score (nSPS) is 11.0. The van der Waals surface area contributed by atoms with E-state index in [4.69, 9.17) is 9.47 Å². The van der Waals surface area contributed by atoms with E-state index in [1.165, 1.54) is 17.4 Å². The van der Waals surface area contributed by atoms with Gasteiger partial charge in [0.2, 0.25) is 11.0 Å². The van der Waals surface area contributed by atoms with Gasteiger partial charge in [-0.2, -0.15) is 0 Å². The molecular formula is C17H21N3O3S. The summed E-state index contributed by atoms with van der Waals surface area (Å²) in [7, 11) is 3.15. The minimum Gasteiger partial charge on any atom is -0.493 e. The molecule has 1 aromatic heterocycles. The molecule has 7 heteroatoms. The molecule has 0 radical (unpaired) electrons. The van der Waals surface area contributed by atoms with Gasteiger partial charge < -0.3 is 9.47 Å². The van der Waals surface area contributed by atoms with E-state index in [0.29, 0.717) is 22.5 Å². The average molecular weight is 347 g/mol. The maximum absolute atomic E-state index is 12.0. The fourth-order valence-corrected chi connectivity index (χ4v) is 2.97.